The van der Waals surface area contributed by atoms with E-state index in [4.69, 9.17) is 18.9 Å². The molecule has 23 heavy (non-hydrogen) atoms. The molecule has 2 aliphatic rings. The van der Waals surface area contributed by atoms with Crippen molar-refractivity contribution in [1.29, 1.82) is 0 Å². The first-order valence-electron chi connectivity index (χ1n) is 8.48. The smallest absolute Gasteiger partial charge is 0.177 e. The number of allylic oxidation sites excluding steroid dienone is 2. The van der Waals surface area contributed by atoms with Crippen molar-refractivity contribution in [3.63, 3.8) is 0 Å². The molecule has 1 fully saturated rings. The van der Waals surface area contributed by atoms with Gasteiger partial charge in [-0.15, -0.1) is 0 Å². The molecule has 2 rings (SSSR count). The maximum Gasteiger partial charge on any atom is 0.177 e. The summed E-state index contributed by atoms with van der Waals surface area (Å²) >= 11 is 0. The normalized spacial score (nSPS) is 31.4. The Balaban J connectivity index is 1.78. The van der Waals surface area contributed by atoms with Gasteiger partial charge in [0, 0.05) is 0 Å². The molecule has 0 radical (unpaired) electrons. The van der Waals surface area contributed by atoms with Crippen molar-refractivity contribution in [3.8, 4) is 0 Å². The first-order valence-corrected chi connectivity index (χ1v) is 8.48. The fraction of sp³-hybridized carbons (Fsp3) is 0.684. The monoisotopic (exact) mass is 322 g/mol. The van der Waals surface area contributed by atoms with E-state index >= 15 is 0 Å². The minimum Gasteiger partial charge on any atom is -0.348 e. The molecule has 0 bridgehead atoms. The van der Waals surface area contributed by atoms with Crippen LogP contribution in [0.2, 0.25) is 0 Å². The van der Waals surface area contributed by atoms with Gasteiger partial charge in [0.2, 0.25) is 0 Å². The van der Waals surface area contributed by atoms with Gasteiger partial charge in [-0.05, 0) is 53.5 Å². The minimum atomic E-state index is -0.448. The summed E-state index contributed by atoms with van der Waals surface area (Å²) in [6.07, 6.45) is 12.4. The Bertz CT molecular complexity index is 462. The van der Waals surface area contributed by atoms with Crippen molar-refractivity contribution in [1.82, 2.24) is 0 Å². The molecule has 0 aromatic rings. The fourth-order valence-corrected chi connectivity index (χ4v) is 2.59. The van der Waals surface area contributed by atoms with Crippen LogP contribution in [-0.2, 0) is 18.9 Å². The number of hydrogen-bond acceptors (Lipinski definition) is 4. The Labute approximate surface area is 140 Å². The lowest BCUT2D eigenvalue weighted by Crippen LogP contribution is -2.27. The molecular formula is C19H30O4. The highest BCUT2D eigenvalue weighted by Gasteiger charge is 2.31. The van der Waals surface area contributed by atoms with Crippen LogP contribution < -0.4 is 0 Å². The molecule has 0 unspecified atom stereocenters. The standard InChI is InChI=1S/C19H30O4/c1-14(2)21-18-8-6-7-16(22-18)11-9-15(3)10-12-17-13-20-19(4,5)23-17/h6,8-11,14,16-18H,7,12-13H2,1-5H3/b11-9+,15-10+/t16-,17-,18-/m1/s1. The van der Waals surface area contributed by atoms with Gasteiger partial charge in [-0.25, -0.2) is 0 Å². The van der Waals surface area contributed by atoms with E-state index < -0.39 is 5.79 Å². The van der Waals surface area contributed by atoms with Gasteiger partial charge in [-0.2, -0.15) is 0 Å². The van der Waals surface area contributed by atoms with Crippen LogP contribution in [0.3, 0.4) is 0 Å². The zero-order valence-corrected chi connectivity index (χ0v) is 15.0. The van der Waals surface area contributed by atoms with Crippen molar-refractivity contribution in [2.75, 3.05) is 6.61 Å². The molecule has 4 heteroatoms. The van der Waals surface area contributed by atoms with Gasteiger partial charge in [0.05, 0.1) is 24.9 Å². The zero-order chi connectivity index (χ0) is 16.9. The zero-order valence-electron chi connectivity index (χ0n) is 15.0. The predicted octanol–water partition coefficient (Wildman–Crippen LogP) is 4.13. The third-order valence-corrected chi connectivity index (χ3v) is 3.72. The summed E-state index contributed by atoms with van der Waals surface area (Å²) in [4.78, 5) is 0. The van der Waals surface area contributed by atoms with Crippen molar-refractivity contribution < 1.29 is 18.9 Å². The number of rotatable bonds is 6. The van der Waals surface area contributed by atoms with E-state index in [2.05, 4.69) is 31.2 Å². The van der Waals surface area contributed by atoms with Crippen LogP contribution in [0.4, 0.5) is 0 Å². The molecular weight excluding hydrogens is 292 g/mol. The van der Waals surface area contributed by atoms with Crippen LogP contribution in [0.15, 0.2) is 36.0 Å². The first-order chi connectivity index (χ1) is 10.8. The van der Waals surface area contributed by atoms with Crippen LogP contribution in [-0.4, -0.2) is 37.0 Å². The lowest BCUT2D eigenvalue weighted by Gasteiger charge is -2.25. The average molecular weight is 322 g/mol. The molecule has 4 nitrogen and oxygen atoms in total. The Morgan fingerprint density at radius 3 is 2.83 bits per heavy atom. The van der Waals surface area contributed by atoms with Gasteiger partial charge in [0.15, 0.2) is 12.1 Å². The van der Waals surface area contributed by atoms with Gasteiger partial charge >= 0.3 is 0 Å². The topological polar surface area (TPSA) is 36.9 Å². The second-order valence-corrected chi connectivity index (χ2v) is 6.89. The average Bonchev–Trinajstić information content (AvgIpc) is 2.82. The molecule has 130 valence electrons. The molecule has 0 amide bonds. The third-order valence-electron chi connectivity index (χ3n) is 3.72. The fourth-order valence-electron chi connectivity index (χ4n) is 2.59. The number of ether oxygens (including phenoxy) is 4. The summed E-state index contributed by atoms with van der Waals surface area (Å²) in [5.74, 6) is -0.448. The summed E-state index contributed by atoms with van der Waals surface area (Å²) < 4.78 is 22.9. The van der Waals surface area contributed by atoms with E-state index in [1.54, 1.807) is 0 Å². The molecule has 1 saturated heterocycles. The lowest BCUT2D eigenvalue weighted by molar-refractivity contribution is -0.154. The summed E-state index contributed by atoms with van der Waals surface area (Å²) in [5, 5.41) is 0. The predicted molar refractivity (Wildman–Crippen MR) is 91.1 cm³/mol. The van der Waals surface area contributed by atoms with Crippen molar-refractivity contribution in [3.05, 3.63) is 36.0 Å². The van der Waals surface area contributed by atoms with E-state index in [9.17, 15) is 0 Å². The van der Waals surface area contributed by atoms with Gasteiger partial charge in [-0.3, -0.25) is 0 Å². The molecule has 0 saturated carbocycles. The van der Waals surface area contributed by atoms with E-state index in [0.29, 0.717) is 6.61 Å². The van der Waals surface area contributed by atoms with Crippen molar-refractivity contribution in [2.45, 2.75) is 77.8 Å². The lowest BCUT2D eigenvalue weighted by atomic mass is 10.1. The Kier molecular flexibility index (Phi) is 6.60. The molecule has 0 spiro atoms. The third kappa shape index (κ3) is 6.60. The minimum absolute atomic E-state index is 0.0668. The molecule has 2 heterocycles. The summed E-state index contributed by atoms with van der Waals surface area (Å²) in [7, 11) is 0. The maximum atomic E-state index is 5.89. The van der Waals surface area contributed by atoms with Crippen molar-refractivity contribution in [2.24, 2.45) is 0 Å². The summed E-state index contributed by atoms with van der Waals surface area (Å²) in [6.45, 7) is 10.7. The highest BCUT2D eigenvalue weighted by Crippen LogP contribution is 2.24. The highest BCUT2D eigenvalue weighted by molar-refractivity contribution is 5.18. The Hall–Kier alpha value is -0.940. The molecule has 0 aromatic carbocycles. The largest absolute Gasteiger partial charge is 0.348 e. The SMILES string of the molecule is CC(/C=C/[C@H]1CC=C[C@H](OC(C)C)O1)=C\C[C@@H]1COC(C)(C)O1. The Morgan fingerprint density at radius 2 is 2.17 bits per heavy atom. The molecule has 0 N–H and O–H groups in total. The quantitative estimate of drug-likeness (QED) is 0.544. The molecule has 0 aromatic heterocycles. The van der Waals surface area contributed by atoms with Crippen LogP contribution in [0.5, 0.6) is 0 Å². The van der Waals surface area contributed by atoms with E-state index in [1.807, 2.05) is 33.8 Å². The van der Waals surface area contributed by atoms with E-state index in [-0.39, 0.29) is 24.6 Å². The van der Waals surface area contributed by atoms with Gasteiger partial charge in [0.25, 0.3) is 0 Å². The van der Waals surface area contributed by atoms with Gasteiger partial charge in [0.1, 0.15) is 0 Å². The first kappa shape index (κ1) is 18.4. The highest BCUT2D eigenvalue weighted by atomic mass is 16.7. The second-order valence-electron chi connectivity index (χ2n) is 6.89. The van der Waals surface area contributed by atoms with Crippen LogP contribution >= 0.6 is 0 Å². The molecule has 2 aliphatic heterocycles. The van der Waals surface area contributed by atoms with E-state index in [1.165, 1.54) is 5.57 Å². The van der Waals surface area contributed by atoms with Gasteiger partial charge in [-0.1, -0.05) is 29.9 Å². The van der Waals surface area contributed by atoms with Crippen LogP contribution in [0.1, 0.15) is 47.5 Å². The maximum absolute atomic E-state index is 5.89. The van der Waals surface area contributed by atoms with Crippen LogP contribution in [0, 0.1) is 0 Å². The van der Waals surface area contributed by atoms with Crippen molar-refractivity contribution >= 4 is 0 Å². The molecule has 3 atom stereocenters. The van der Waals surface area contributed by atoms with Gasteiger partial charge < -0.3 is 18.9 Å². The second kappa shape index (κ2) is 8.25. The van der Waals surface area contributed by atoms with E-state index in [0.717, 1.165) is 12.8 Å². The number of hydrogen-bond donors (Lipinski definition) is 0. The molecule has 0 aliphatic carbocycles. The summed E-state index contributed by atoms with van der Waals surface area (Å²) in [5.41, 5.74) is 1.21. The Morgan fingerprint density at radius 1 is 1.39 bits per heavy atom. The van der Waals surface area contributed by atoms with Crippen LogP contribution in [0.25, 0.3) is 0 Å². The summed E-state index contributed by atoms with van der Waals surface area (Å²) in [6, 6.07) is 0.